The molecule has 2 aliphatic rings. The Morgan fingerprint density at radius 3 is 2.89 bits per heavy atom. The van der Waals surface area contributed by atoms with Gasteiger partial charge in [0.2, 0.25) is 0 Å². The first-order chi connectivity index (χ1) is 9.13. The van der Waals surface area contributed by atoms with Gasteiger partial charge in [0.25, 0.3) is 0 Å². The minimum absolute atomic E-state index is 0.109. The zero-order chi connectivity index (χ0) is 13.5. The van der Waals surface area contributed by atoms with E-state index in [4.69, 9.17) is 11.6 Å². The third-order valence-electron chi connectivity index (χ3n) is 5.18. The second-order valence-corrected chi connectivity index (χ2v) is 6.82. The molecule has 1 aromatic carbocycles. The van der Waals surface area contributed by atoms with Crippen LogP contribution in [0, 0.1) is 23.1 Å². The van der Waals surface area contributed by atoms with E-state index in [1.165, 1.54) is 31.7 Å². The van der Waals surface area contributed by atoms with Crippen LogP contribution in [0.5, 0.6) is 0 Å². The van der Waals surface area contributed by atoms with Crippen LogP contribution in [0.4, 0.5) is 4.39 Å². The highest BCUT2D eigenvalue weighted by molar-refractivity contribution is 6.30. The van der Waals surface area contributed by atoms with Gasteiger partial charge in [0.05, 0.1) is 0 Å². The molecule has 1 N–H and O–H groups in total. The van der Waals surface area contributed by atoms with Crippen LogP contribution in [0.1, 0.15) is 31.2 Å². The van der Waals surface area contributed by atoms with Gasteiger partial charge in [-0.15, -0.1) is 0 Å². The molecule has 2 saturated carbocycles. The summed E-state index contributed by atoms with van der Waals surface area (Å²) in [5.41, 5.74) is 1.03. The van der Waals surface area contributed by atoms with Crippen molar-refractivity contribution in [2.75, 3.05) is 13.6 Å². The van der Waals surface area contributed by atoms with E-state index < -0.39 is 0 Å². The summed E-state index contributed by atoms with van der Waals surface area (Å²) < 4.78 is 14.0. The average Bonchev–Trinajstić information content (AvgIpc) is 2.95. The van der Waals surface area contributed by atoms with Crippen molar-refractivity contribution in [1.82, 2.24) is 5.32 Å². The number of rotatable bonds is 4. The largest absolute Gasteiger partial charge is 0.319 e. The van der Waals surface area contributed by atoms with E-state index in [2.05, 4.69) is 5.32 Å². The minimum Gasteiger partial charge on any atom is -0.319 e. The summed E-state index contributed by atoms with van der Waals surface area (Å²) in [7, 11) is 2.00. The van der Waals surface area contributed by atoms with Crippen LogP contribution in [-0.2, 0) is 6.42 Å². The van der Waals surface area contributed by atoms with Gasteiger partial charge in [-0.3, -0.25) is 0 Å². The molecule has 0 aromatic heterocycles. The van der Waals surface area contributed by atoms with Crippen molar-refractivity contribution in [3.8, 4) is 0 Å². The maximum atomic E-state index is 14.0. The zero-order valence-corrected chi connectivity index (χ0v) is 12.1. The molecule has 0 aliphatic heterocycles. The van der Waals surface area contributed by atoms with Crippen molar-refractivity contribution in [3.63, 3.8) is 0 Å². The van der Waals surface area contributed by atoms with Crippen LogP contribution in [0.3, 0.4) is 0 Å². The molecule has 1 aromatic rings. The second-order valence-electron chi connectivity index (χ2n) is 6.39. The van der Waals surface area contributed by atoms with E-state index in [0.29, 0.717) is 5.02 Å². The Morgan fingerprint density at radius 2 is 2.26 bits per heavy atom. The number of fused-ring (bicyclic) bond motifs is 2. The molecule has 2 aliphatic carbocycles. The van der Waals surface area contributed by atoms with Crippen LogP contribution in [-0.4, -0.2) is 13.6 Å². The summed E-state index contributed by atoms with van der Waals surface area (Å²) in [4.78, 5) is 0. The van der Waals surface area contributed by atoms with Crippen molar-refractivity contribution in [2.45, 2.75) is 32.1 Å². The van der Waals surface area contributed by atoms with Gasteiger partial charge in [0.1, 0.15) is 5.82 Å². The van der Waals surface area contributed by atoms with Gasteiger partial charge in [-0.25, -0.2) is 4.39 Å². The van der Waals surface area contributed by atoms with Crippen molar-refractivity contribution in [3.05, 3.63) is 34.6 Å². The first kappa shape index (κ1) is 13.4. The number of hydrogen-bond donors (Lipinski definition) is 1. The second kappa shape index (κ2) is 5.06. The zero-order valence-electron chi connectivity index (χ0n) is 11.4. The molecule has 2 bridgehead atoms. The van der Waals surface area contributed by atoms with Gasteiger partial charge < -0.3 is 5.32 Å². The summed E-state index contributed by atoms with van der Waals surface area (Å²) in [6.07, 6.45) is 6.08. The number of benzene rings is 1. The normalized spacial score (nSPS) is 33.0. The van der Waals surface area contributed by atoms with E-state index in [1.807, 2.05) is 7.05 Å². The molecule has 0 radical (unpaired) electrons. The monoisotopic (exact) mass is 281 g/mol. The molecule has 2 fully saturated rings. The SMILES string of the molecule is CNCC1(Cc2cc(Cl)ccc2F)CC2CCC1C2. The van der Waals surface area contributed by atoms with E-state index in [9.17, 15) is 4.39 Å². The Balaban J connectivity index is 1.88. The molecule has 1 nitrogen and oxygen atoms in total. The van der Waals surface area contributed by atoms with E-state index in [1.54, 1.807) is 12.1 Å². The molecular weight excluding hydrogens is 261 g/mol. The molecule has 0 heterocycles. The standard InChI is InChI=1S/C16H21ClFN/c1-19-10-16(8-11-2-3-13(16)6-11)9-12-7-14(17)4-5-15(12)18/h4-5,7,11,13,19H,2-3,6,8-10H2,1H3. The topological polar surface area (TPSA) is 12.0 Å². The summed E-state index contributed by atoms with van der Waals surface area (Å²) in [5.74, 6) is 1.51. The van der Waals surface area contributed by atoms with Crippen molar-refractivity contribution >= 4 is 11.6 Å². The smallest absolute Gasteiger partial charge is 0.126 e. The van der Waals surface area contributed by atoms with Crippen LogP contribution < -0.4 is 5.32 Å². The molecular formula is C16H21ClFN. The predicted molar refractivity (Wildman–Crippen MR) is 76.9 cm³/mol. The molecule has 104 valence electrons. The first-order valence-electron chi connectivity index (χ1n) is 7.21. The maximum Gasteiger partial charge on any atom is 0.126 e. The van der Waals surface area contributed by atoms with Crippen molar-refractivity contribution < 1.29 is 4.39 Å². The fourth-order valence-corrected chi connectivity index (χ4v) is 4.66. The van der Waals surface area contributed by atoms with Crippen LogP contribution in [0.25, 0.3) is 0 Å². The molecule has 3 atom stereocenters. The average molecular weight is 282 g/mol. The lowest BCUT2D eigenvalue weighted by molar-refractivity contribution is 0.158. The van der Waals surface area contributed by atoms with E-state index >= 15 is 0 Å². The molecule has 3 heteroatoms. The Bertz CT molecular complexity index is 476. The molecule has 0 spiro atoms. The van der Waals surface area contributed by atoms with Crippen LogP contribution in [0.15, 0.2) is 18.2 Å². The number of hydrogen-bond acceptors (Lipinski definition) is 1. The van der Waals surface area contributed by atoms with Crippen LogP contribution >= 0.6 is 11.6 Å². The quantitative estimate of drug-likeness (QED) is 0.878. The lowest BCUT2D eigenvalue weighted by Crippen LogP contribution is -2.39. The van der Waals surface area contributed by atoms with Crippen molar-refractivity contribution in [2.24, 2.45) is 17.3 Å². The lowest BCUT2D eigenvalue weighted by atomic mass is 9.69. The van der Waals surface area contributed by atoms with E-state index in [0.717, 1.165) is 30.4 Å². The van der Waals surface area contributed by atoms with Gasteiger partial charge in [0.15, 0.2) is 0 Å². The molecule has 3 rings (SSSR count). The molecule has 3 unspecified atom stereocenters. The third kappa shape index (κ3) is 2.41. The van der Waals surface area contributed by atoms with E-state index in [-0.39, 0.29) is 11.2 Å². The maximum absolute atomic E-state index is 14.0. The summed E-state index contributed by atoms with van der Waals surface area (Å²) in [6, 6.07) is 4.93. The fourth-order valence-electron chi connectivity index (χ4n) is 4.46. The lowest BCUT2D eigenvalue weighted by Gasteiger charge is -2.38. The first-order valence-corrected chi connectivity index (χ1v) is 7.59. The Hall–Kier alpha value is -0.600. The summed E-state index contributed by atoms with van der Waals surface area (Å²) >= 11 is 6.02. The highest BCUT2D eigenvalue weighted by atomic mass is 35.5. The Kier molecular flexibility index (Phi) is 3.57. The third-order valence-corrected chi connectivity index (χ3v) is 5.42. The summed E-state index contributed by atoms with van der Waals surface area (Å²) in [5, 5.41) is 3.97. The minimum atomic E-state index is -0.109. The molecule has 0 amide bonds. The van der Waals surface area contributed by atoms with Gasteiger partial charge in [0, 0.05) is 11.6 Å². The van der Waals surface area contributed by atoms with Gasteiger partial charge in [-0.2, -0.15) is 0 Å². The Morgan fingerprint density at radius 1 is 1.42 bits per heavy atom. The van der Waals surface area contributed by atoms with Crippen molar-refractivity contribution in [1.29, 1.82) is 0 Å². The van der Waals surface area contributed by atoms with Crippen LogP contribution in [0.2, 0.25) is 5.02 Å². The van der Waals surface area contributed by atoms with Gasteiger partial charge in [-0.1, -0.05) is 18.0 Å². The van der Waals surface area contributed by atoms with Gasteiger partial charge >= 0.3 is 0 Å². The highest BCUT2D eigenvalue weighted by Gasteiger charge is 2.50. The highest BCUT2D eigenvalue weighted by Crippen LogP contribution is 2.57. The Labute approximate surface area is 119 Å². The fraction of sp³-hybridized carbons (Fsp3) is 0.625. The molecule has 19 heavy (non-hydrogen) atoms. The number of halogens is 2. The number of nitrogens with one attached hydrogen (secondary N) is 1. The molecule has 0 saturated heterocycles. The predicted octanol–water partition coefficient (Wildman–Crippen LogP) is 4.05. The summed E-state index contributed by atoms with van der Waals surface area (Å²) in [6.45, 7) is 0.986. The van der Waals surface area contributed by atoms with Gasteiger partial charge in [-0.05, 0) is 73.7 Å².